The SMILES string of the molecule is CO[C@H]1C[C@@]23OC(C)O[C@]24C(C[C@H]1[C@@H]4C)[C@@]12CC3CC1[C@@H](O)CC[C@@H]2OC. The highest BCUT2D eigenvalue weighted by molar-refractivity contribution is 5.33. The normalized spacial score (nSPS) is 65.9. The van der Waals surface area contributed by atoms with Gasteiger partial charge in [0, 0.05) is 32.0 Å². The molecule has 4 bridgehead atoms. The molecule has 0 amide bonds. The Morgan fingerprint density at radius 1 is 1.00 bits per heavy atom. The van der Waals surface area contributed by atoms with Crippen LogP contribution in [-0.4, -0.2) is 55.1 Å². The van der Waals surface area contributed by atoms with Gasteiger partial charge in [-0.25, -0.2) is 0 Å². The molecule has 5 aliphatic carbocycles. The second-order valence-electron chi connectivity index (χ2n) is 10.4. The van der Waals surface area contributed by atoms with Gasteiger partial charge in [0.15, 0.2) is 6.29 Å². The van der Waals surface area contributed by atoms with E-state index in [0.29, 0.717) is 29.6 Å². The number of methoxy groups -OCH3 is 2. The second-order valence-corrected chi connectivity index (χ2v) is 10.4. The Bertz CT molecular complexity index is 655. The van der Waals surface area contributed by atoms with Gasteiger partial charge in [0.25, 0.3) is 0 Å². The molecule has 5 saturated carbocycles. The predicted molar refractivity (Wildman–Crippen MR) is 98.0 cm³/mol. The van der Waals surface area contributed by atoms with Crippen LogP contribution in [0.25, 0.3) is 0 Å². The fourth-order valence-electron chi connectivity index (χ4n) is 9.72. The summed E-state index contributed by atoms with van der Waals surface area (Å²) in [6, 6.07) is 0. The summed E-state index contributed by atoms with van der Waals surface area (Å²) >= 11 is 0. The monoisotopic (exact) mass is 378 g/mol. The molecule has 6 aliphatic rings. The van der Waals surface area contributed by atoms with E-state index in [1.54, 1.807) is 0 Å². The maximum absolute atomic E-state index is 11.0. The van der Waals surface area contributed by atoms with Crippen LogP contribution in [0.4, 0.5) is 0 Å². The number of aliphatic hydroxyl groups is 1. The second kappa shape index (κ2) is 5.28. The van der Waals surface area contributed by atoms with E-state index in [9.17, 15) is 5.11 Å². The number of hydrogen-bond acceptors (Lipinski definition) is 5. The first-order valence-corrected chi connectivity index (χ1v) is 11.0. The number of fused-ring (bicyclic) bond motifs is 2. The van der Waals surface area contributed by atoms with Gasteiger partial charge in [-0.1, -0.05) is 6.92 Å². The highest BCUT2D eigenvalue weighted by Gasteiger charge is 2.85. The zero-order valence-corrected chi connectivity index (χ0v) is 17.0. The molecular formula is C22H34O5. The first-order chi connectivity index (χ1) is 12.9. The van der Waals surface area contributed by atoms with Crippen LogP contribution in [0.1, 0.15) is 52.4 Å². The molecule has 5 heteroatoms. The summed E-state index contributed by atoms with van der Waals surface area (Å²) in [5.74, 6) is 2.05. The summed E-state index contributed by atoms with van der Waals surface area (Å²) < 4.78 is 25.8. The minimum absolute atomic E-state index is 0.0274. The Labute approximate surface area is 162 Å². The van der Waals surface area contributed by atoms with E-state index in [0.717, 1.165) is 38.5 Å². The average Bonchev–Trinajstić information content (AvgIpc) is 3.26. The Kier molecular flexibility index (Phi) is 3.45. The van der Waals surface area contributed by atoms with Crippen molar-refractivity contribution in [1.82, 2.24) is 0 Å². The van der Waals surface area contributed by atoms with Gasteiger partial charge < -0.3 is 24.1 Å². The average molecular weight is 379 g/mol. The van der Waals surface area contributed by atoms with E-state index in [1.165, 1.54) is 0 Å². The first kappa shape index (κ1) is 17.6. The Balaban J connectivity index is 1.59. The van der Waals surface area contributed by atoms with Crippen LogP contribution >= 0.6 is 0 Å². The summed E-state index contributed by atoms with van der Waals surface area (Å²) in [6.07, 6.45) is 6.15. The van der Waals surface area contributed by atoms with Gasteiger partial charge in [-0.15, -0.1) is 0 Å². The van der Waals surface area contributed by atoms with Crippen LogP contribution in [-0.2, 0) is 18.9 Å². The third-order valence-corrected chi connectivity index (χ3v) is 10.2. The van der Waals surface area contributed by atoms with Gasteiger partial charge in [-0.2, -0.15) is 0 Å². The van der Waals surface area contributed by atoms with Crippen LogP contribution in [0.15, 0.2) is 0 Å². The van der Waals surface area contributed by atoms with E-state index in [-0.39, 0.29) is 41.2 Å². The lowest BCUT2D eigenvalue weighted by atomic mass is 9.48. The fourth-order valence-corrected chi connectivity index (χ4v) is 9.72. The molecule has 2 spiro atoms. The first-order valence-electron chi connectivity index (χ1n) is 11.0. The molecular weight excluding hydrogens is 344 g/mol. The molecule has 6 fully saturated rings. The van der Waals surface area contributed by atoms with E-state index in [2.05, 4.69) is 13.8 Å². The summed E-state index contributed by atoms with van der Waals surface area (Å²) in [4.78, 5) is 0. The van der Waals surface area contributed by atoms with Gasteiger partial charge in [-0.3, -0.25) is 0 Å². The third kappa shape index (κ3) is 1.66. The molecule has 1 saturated heterocycles. The lowest BCUT2D eigenvalue weighted by Gasteiger charge is -2.62. The van der Waals surface area contributed by atoms with Crippen LogP contribution in [0.5, 0.6) is 0 Å². The van der Waals surface area contributed by atoms with Crippen LogP contribution in [0.3, 0.4) is 0 Å². The third-order valence-electron chi connectivity index (χ3n) is 10.2. The topological polar surface area (TPSA) is 57.2 Å². The smallest absolute Gasteiger partial charge is 0.156 e. The predicted octanol–water partition coefficient (Wildman–Crippen LogP) is 2.74. The van der Waals surface area contributed by atoms with Crippen molar-refractivity contribution in [3.8, 4) is 0 Å². The standard InChI is InChI=1S/C22H34O5/c1-11-14-8-18-20-9-13(7-15(20)16(23)5-6-19(20)25-4)21(10-17(14)24-3)22(11,18)27-12(2)26-21/h11-19,23H,5-10H2,1-4H3/t11-,12?,13?,14-,15?,16-,17-,18?,19-,20+,21-,22+/m0/s1. The van der Waals surface area contributed by atoms with Crippen molar-refractivity contribution >= 4 is 0 Å². The number of hydrogen-bond donors (Lipinski definition) is 1. The zero-order valence-electron chi connectivity index (χ0n) is 17.0. The van der Waals surface area contributed by atoms with E-state index >= 15 is 0 Å². The lowest BCUT2D eigenvalue weighted by Crippen LogP contribution is -2.71. The molecule has 12 atom stereocenters. The van der Waals surface area contributed by atoms with Crippen LogP contribution < -0.4 is 0 Å². The zero-order chi connectivity index (χ0) is 18.8. The molecule has 1 heterocycles. The highest BCUT2D eigenvalue weighted by atomic mass is 16.8. The van der Waals surface area contributed by atoms with Crippen molar-refractivity contribution in [1.29, 1.82) is 0 Å². The quantitative estimate of drug-likeness (QED) is 0.801. The van der Waals surface area contributed by atoms with Crippen molar-refractivity contribution in [3.63, 3.8) is 0 Å². The van der Waals surface area contributed by atoms with E-state index < -0.39 is 0 Å². The highest BCUT2D eigenvalue weighted by Crippen LogP contribution is 2.80. The molecule has 0 aromatic rings. The molecule has 0 radical (unpaired) electrons. The van der Waals surface area contributed by atoms with Crippen LogP contribution in [0, 0.1) is 35.0 Å². The molecule has 27 heavy (non-hydrogen) atoms. The summed E-state index contributed by atoms with van der Waals surface area (Å²) in [5, 5.41) is 11.0. The summed E-state index contributed by atoms with van der Waals surface area (Å²) in [6.45, 7) is 4.45. The van der Waals surface area contributed by atoms with Crippen molar-refractivity contribution in [2.45, 2.75) is 88.2 Å². The molecule has 152 valence electrons. The van der Waals surface area contributed by atoms with Crippen molar-refractivity contribution in [3.05, 3.63) is 0 Å². The van der Waals surface area contributed by atoms with Crippen molar-refractivity contribution < 1.29 is 24.1 Å². The Hall–Kier alpha value is -0.200. The van der Waals surface area contributed by atoms with Gasteiger partial charge >= 0.3 is 0 Å². The summed E-state index contributed by atoms with van der Waals surface area (Å²) in [7, 11) is 3.74. The molecule has 1 N–H and O–H groups in total. The number of ether oxygens (including phenoxy) is 4. The molecule has 4 unspecified atom stereocenters. The van der Waals surface area contributed by atoms with Gasteiger partial charge in [-0.05, 0) is 62.7 Å². The van der Waals surface area contributed by atoms with Crippen molar-refractivity contribution in [2.75, 3.05) is 14.2 Å². The molecule has 5 nitrogen and oxygen atoms in total. The van der Waals surface area contributed by atoms with Gasteiger partial charge in [0.1, 0.15) is 11.2 Å². The Morgan fingerprint density at radius 3 is 2.56 bits per heavy atom. The largest absolute Gasteiger partial charge is 0.393 e. The van der Waals surface area contributed by atoms with Gasteiger partial charge in [0.05, 0.1) is 18.3 Å². The molecule has 1 aliphatic heterocycles. The maximum Gasteiger partial charge on any atom is 0.156 e. The molecule has 0 aromatic heterocycles. The fraction of sp³-hybridized carbons (Fsp3) is 1.00. The van der Waals surface area contributed by atoms with E-state index in [1.807, 2.05) is 14.2 Å². The minimum atomic E-state index is -0.259. The molecule has 6 rings (SSSR count). The molecule has 0 aromatic carbocycles. The summed E-state index contributed by atoms with van der Waals surface area (Å²) in [5.41, 5.74) is -0.470. The number of rotatable bonds is 2. The maximum atomic E-state index is 11.0. The Morgan fingerprint density at radius 2 is 1.81 bits per heavy atom. The minimum Gasteiger partial charge on any atom is -0.393 e. The van der Waals surface area contributed by atoms with Crippen LogP contribution in [0.2, 0.25) is 0 Å². The number of aliphatic hydroxyl groups excluding tert-OH is 1. The van der Waals surface area contributed by atoms with Crippen molar-refractivity contribution in [2.24, 2.45) is 35.0 Å². The van der Waals surface area contributed by atoms with E-state index in [4.69, 9.17) is 18.9 Å². The van der Waals surface area contributed by atoms with Gasteiger partial charge in [0.2, 0.25) is 0 Å². The lowest BCUT2D eigenvalue weighted by molar-refractivity contribution is -0.241.